The Hall–Kier alpha value is -0.0900. The first-order valence-corrected chi connectivity index (χ1v) is 8.35. The summed E-state index contributed by atoms with van der Waals surface area (Å²) in [5.74, 6) is 1.17. The van der Waals surface area contributed by atoms with Crippen molar-refractivity contribution in [3.05, 3.63) is 0 Å². The number of rotatable bonds is 7. The van der Waals surface area contributed by atoms with E-state index >= 15 is 0 Å². The molecule has 0 saturated heterocycles. The molecule has 0 radical (unpaired) electrons. The monoisotopic (exact) mass is 247 g/mol. The van der Waals surface area contributed by atoms with Gasteiger partial charge in [0.2, 0.25) is 0 Å². The maximum Gasteiger partial charge on any atom is 0.151 e. The summed E-state index contributed by atoms with van der Waals surface area (Å²) in [7, 11) is -2.85. The van der Waals surface area contributed by atoms with Crippen LogP contribution in [0, 0.1) is 5.92 Å². The molecule has 1 saturated carbocycles. The van der Waals surface area contributed by atoms with Crippen LogP contribution >= 0.6 is 0 Å². The van der Waals surface area contributed by atoms with E-state index in [2.05, 4.69) is 12.2 Å². The fourth-order valence-corrected chi connectivity index (χ4v) is 3.62. The Morgan fingerprint density at radius 1 is 1.25 bits per heavy atom. The van der Waals surface area contributed by atoms with Crippen LogP contribution in [0.1, 0.15) is 46.0 Å². The van der Waals surface area contributed by atoms with E-state index in [4.69, 9.17) is 0 Å². The summed E-state index contributed by atoms with van der Waals surface area (Å²) < 4.78 is 23.4. The second kappa shape index (κ2) is 6.60. The van der Waals surface area contributed by atoms with Crippen LogP contribution in [0.5, 0.6) is 0 Å². The first-order valence-electron chi connectivity index (χ1n) is 6.53. The van der Waals surface area contributed by atoms with Gasteiger partial charge in [-0.3, -0.25) is 0 Å². The molecule has 0 aliphatic heterocycles. The topological polar surface area (TPSA) is 46.2 Å². The first kappa shape index (κ1) is 14.0. The molecule has 1 fully saturated rings. The van der Waals surface area contributed by atoms with Crippen molar-refractivity contribution < 1.29 is 8.42 Å². The van der Waals surface area contributed by atoms with Gasteiger partial charge in [0.15, 0.2) is 9.84 Å². The minimum absolute atomic E-state index is 0.187. The van der Waals surface area contributed by atoms with Crippen molar-refractivity contribution in [2.75, 3.05) is 18.1 Å². The van der Waals surface area contributed by atoms with Gasteiger partial charge < -0.3 is 5.32 Å². The molecule has 16 heavy (non-hydrogen) atoms. The van der Waals surface area contributed by atoms with Crippen molar-refractivity contribution >= 4 is 9.84 Å². The van der Waals surface area contributed by atoms with Gasteiger partial charge in [0.25, 0.3) is 0 Å². The van der Waals surface area contributed by atoms with Crippen molar-refractivity contribution in [2.45, 2.75) is 52.0 Å². The molecule has 0 heterocycles. The number of hydrogen-bond acceptors (Lipinski definition) is 3. The second-order valence-corrected chi connectivity index (χ2v) is 7.20. The number of nitrogens with one attached hydrogen (secondary N) is 1. The van der Waals surface area contributed by atoms with E-state index in [-0.39, 0.29) is 11.8 Å². The largest absolute Gasteiger partial charge is 0.313 e. The van der Waals surface area contributed by atoms with E-state index in [1.165, 1.54) is 25.7 Å². The normalized spacial score (nSPS) is 20.1. The highest BCUT2D eigenvalue weighted by molar-refractivity contribution is 7.91. The van der Waals surface area contributed by atoms with Gasteiger partial charge in [0, 0.05) is 11.8 Å². The molecule has 1 N–H and O–H groups in total. The predicted molar refractivity (Wildman–Crippen MR) is 68.4 cm³/mol. The summed E-state index contributed by atoms with van der Waals surface area (Å²) in [5, 5.41) is 3.42. The van der Waals surface area contributed by atoms with Gasteiger partial charge >= 0.3 is 0 Å². The molecule has 1 aliphatic carbocycles. The molecule has 0 aromatic carbocycles. The molecule has 4 heteroatoms. The van der Waals surface area contributed by atoms with E-state index in [9.17, 15) is 8.42 Å². The van der Waals surface area contributed by atoms with E-state index < -0.39 is 9.84 Å². The first-order chi connectivity index (χ1) is 7.59. The van der Waals surface area contributed by atoms with Gasteiger partial charge in [-0.25, -0.2) is 8.42 Å². The highest BCUT2D eigenvalue weighted by Crippen LogP contribution is 2.28. The van der Waals surface area contributed by atoms with Crippen LogP contribution in [0.25, 0.3) is 0 Å². The molecule has 1 aliphatic rings. The molecular weight excluding hydrogens is 222 g/mol. The summed E-state index contributed by atoms with van der Waals surface area (Å²) in [6, 6.07) is 0.187. The van der Waals surface area contributed by atoms with Gasteiger partial charge in [-0.15, -0.1) is 0 Å². The predicted octanol–water partition coefficient (Wildman–Crippen LogP) is 1.98. The van der Waals surface area contributed by atoms with Crippen LogP contribution in [-0.2, 0) is 9.84 Å². The third kappa shape index (κ3) is 4.42. The van der Waals surface area contributed by atoms with E-state index in [0.717, 1.165) is 13.0 Å². The lowest BCUT2D eigenvalue weighted by atomic mass is 10.00. The fraction of sp³-hybridized carbons (Fsp3) is 1.00. The molecule has 1 rings (SSSR count). The van der Waals surface area contributed by atoms with Gasteiger partial charge in [-0.1, -0.05) is 26.7 Å². The smallest absolute Gasteiger partial charge is 0.151 e. The van der Waals surface area contributed by atoms with Crippen molar-refractivity contribution in [2.24, 2.45) is 5.92 Å². The summed E-state index contributed by atoms with van der Waals surface area (Å²) in [6.07, 6.45) is 5.99. The summed E-state index contributed by atoms with van der Waals surface area (Å²) in [5.41, 5.74) is 0. The van der Waals surface area contributed by atoms with Crippen LogP contribution in [0.2, 0.25) is 0 Å². The molecule has 0 amide bonds. The minimum Gasteiger partial charge on any atom is -0.313 e. The van der Waals surface area contributed by atoms with Crippen molar-refractivity contribution in [3.8, 4) is 0 Å². The maximum absolute atomic E-state index is 11.7. The summed E-state index contributed by atoms with van der Waals surface area (Å²) in [4.78, 5) is 0. The third-order valence-corrected chi connectivity index (χ3v) is 5.25. The van der Waals surface area contributed by atoms with E-state index in [1.807, 2.05) is 0 Å². The van der Waals surface area contributed by atoms with Crippen molar-refractivity contribution in [3.63, 3.8) is 0 Å². The molecule has 1 atom stereocenters. The fourth-order valence-electron chi connectivity index (χ4n) is 2.44. The average molecular weight is 247 g/mol. The van der Waals surface area contributed by atoms with Gasteiger partial charge in [-0.05, 0) is 31.7 Å². The zero-order valence-corrected chi connectivity index (χ0v) is 11.4. The minimum atomic E-state index is -2.85. The molecule has 0 bridgehead atoms. The van der Waals surface area contributed by atoms with Crippen molar-refractivity contribution in [1.29, 1.82) is 0 Å². The molecule has 1 unspecified atom stereocenters. The Bertz CT molecular complexity index is 281. The van der Waals surface area contributed by atoms with Crippen LogP contribution in [-0.4, -0.2) is 32.5 Å². The second-order valence-electron chi connectivity index (χ2n) is 4.80. The van der Waals surface area contributed by atoms with E-state index in [0.29, 0.717) is 11.7 Å². The molecule has 0 aromatic rings. The Labute approximate surface area is 99.9 Å². The van der Waals surface area contributed by atoms with Crippen LogP contribution < -0.4 is 5.32 Å². The quantitative estimate of drug-likeness (QED) is 0.748. The lowest BCUT2D eigenvalue weighted by Crippen LogP contribution is -2.41. The Morgan fingerprint density at radius 3 is 2.38 bits per heavy atom. The van der Waals surface area contributed by atoms with Crippen LogP contribution in [0.15, 0.2) is 0 Å². The van der Waals surface area contributed by atoms with Crippen LogP contribution in [0.4, 0.5) is 0 Å². The molecular formula is C12H25NO2S. The van der Waals surface area contributed by atoms with Crippen LogP contribution in [0.3, 0.4) is 0 Å². The highest BCUT2D eigenvalue weighted by Gasteiger charge is 2.27. The molecule has 0 aromatic heterocycles. The van der Waals surface area contributed by atoms with Crippen molar-refractivity contribution in [1.82, 2.24) is 5.32 Å². The standard InChI is InChI=1S/C12H25NO2S/c1-3-9-13-12(10-16(14,15)4-2)11-7-5-6-8-11/h11-13H,3-10H2,1-2H3. The molecule has 3 nitrogen and oxygen atoms in total. The Kier molecular flexibility index (Phi) is 5.76. The Balaban J connectivity index is 2.55. The average Bonchev–Trinajstić information content (AvgIpc) is 2.77. The lowest BCUT2D eigenvalue weighted by molar-refractivity contribution is 0.382. The molecule has 0 spiro atoms. The third-order valence-electron chi connectivity index (χ3n) is 3.50. The lowest BCUT2D eigenvalue weighted by Gasteiger charge is -2.24. The zero-order valence-electron chi connectivity index (χ0n) is 10.5. The maximum atomic E-state index is 11.7. The highest BCUT2D eigenvalue weighted by atomic mass is 32.2. The summed E-state index contributed by atoms with van der Waals surface area (Å²) >= 11 is 0. The molecule has 96 valence electrons. The zero-order chi connectivity index (χ0) is 12.0. The van der Waals surface area contributed by atoms with E-state index in [1.54, 1.807) is 6.92 Å². The SMILES string of the molecule is CCCNC(CS(=O)(=O)CC)C1CCCC1. The van der Waals surface area contributed by atoms with Gasteiger partial charge in [0.05, 0.1) is 5.75 Å². The number of hydrogen-bond donors (Lipinski definition) is 1. The number of sulfone groups is 1. The van der Waals surface area contributed by atoms with Gasteiger partial charge in [-0.2, -0.15) is 0 Å². The summed E-state index contributed by atoms with van der Waals surface area (Å²) in [6.45, 7) is 4.79. The Morgan fingerprint density at radius 2 is 1.88 bits per heavy atom. The van der Waals surface area contributed by atoms with Gasteiger partial charge in [0.1, 0.15) is 0 Å².